The summed E-state index contributed by atoms with van der Waals surface area (Å²) in [5.41, 5.74) is 5.91. The number of carbonyl (C=O) groups is 1. The molecule has 0 radical (unpaired) electrons. The van der Waals surface area contributed by atoms with E-state index >= 15 is 0 Å². The van der Waals surface area contributed by atoms with Crippen molar-refractivity contribution in [3.05, 3.63) is 0 Å². The number of nitrogens with zero attached hydrogens (tertiary/aromatic N) is 1. The summed E-state index contributed by atoms with van der Waals surface area (Å²) in [4.78, 5) is 13.8. The van der Waals surface area contributed by atoms with Gasteiger partial charge in [0.15, 0.2) is 0 Å². The zero-order valence-corrected chi connectivity index (χ0v) is 12.7. The van der Waals surface area contributed by atoms with Crippen LogP contribution in [0.4, 0.5) is 0 Å². The monoisotopic (exact) mass is 272 g/mol. The van der Waals surface area contributed by atoms with Gasteiger partial charge in [-0.25, -0.2) is 0 Å². The SMILES string of the molecule is CSCC[C@H](N)C(=O)N(C)CCC1CCCCC1. The first-order chi connectivity index (χ1) is 8.65. The van der Waals surface area contributed by atoms with Crippen molar-refractivity contribution >= 4 is 17.7 Å². The fourth-order valence-electron chi connectivity index (χ4n) is 2.61. The highest BCUT2D eigenvalue weighted by molar-refractivity contribution is 7.98. The lowest BCUT2D eigenvalue weighted by Gasteiger charge is -2.26. The van der Waals surface area contributed by atoms with Crippen molar-refractivity contribution in [3.8, 4) is 0 Å². The molecule has 1 saturated carbocycles. The molecule has 0 bridgehead atoms. The zero-order chi connectivity index (χ0) is 13.4. The highest BCUT2D eigenvalue weighted by Gasteiger charge is 2.19. The highest BCUT2D eigenvalue weighted by Crippen LogP contribution is 2.26. The minimum Gasteiger partial charge on any atom is -0.344 e. The van der Waals surface area contributed by atoms with E-state index in [0.29, 0.717) is 0 Å². The zero-order valence-electron chi connectivity index (χ0n) is 11.9. The van der Waals surface area contributed by atoms with Gasteiger partial charge in [-0.2, -0.15) is 11.8 Å². The van der Waals surface area contributed by atoms with Gasteiger partial charge in [-0.15, -0.1) is 0 Å². The van der Waals surface area contributed by atoms with Crippen LogP contribution in [0.15, 0.2) is 0 Å². The van der Waals surface area contributed by atoms with Gasteiger partial charge in [-0.1, -0.05) is 32.1 Å². The van der Waals surface area contributed by atoms with Crippen LogP contribution in [0, 0.1) is 5.92 Å². The summed E-state index contributed by atoms with van der Waals surface area (Å²) in [5, 5.41) is 0. The van der Waals surface area contributed by atoms with E-state index in [1.165, 1.54) is 32.1 Å². The van der Waals surface area contributed by atoms with Crippen molar-refractivity contribution in [3.63, 3.8) is 0 Å². The molecule has 0 spiro atoms. The van der Waals surface area contributed by atoms with Crippen molar-refractivity contribution in [1.29, 1.82) is 0 Å². The minimum atomic E-state index is -0.311. The molecule has 1 aliphatic carbocycles. The van der Waals surface area contributed by atoms with Crippen LogP contribution < -0.4 is 5.73 Å². The highest BCUT2D eigenvalue weighted by atomic mass is 32.2. The number of nitrogens with two attached hydrogens (primary N) is 1. The van der Waals surface area contributed by atoms with Crippen molar-refractivity contribution in [2.45, 2.75) is 51.0 Å². The van der Waals surface area contributed by atoms with Gasteiger partial charge in [0.2, 0.25) is 5.91 Å². The summed E-state index contributed by atoms with van der Waals surface area (Å²) in [6.07, 6.45) is 10.8. The lowest BCUT2D eigenvalue weighted by atomic mass is 9.87. The predicted molar refractivity (Wildman–Crippen MR) is 79.8 cm³/mol. The molecule has 106 valence electrons. The Balaban J connectivity index is 2.21. The molecule has 1 atom stereocenters. The van der Waals surface area contributed by atoms with E-state index in [2.05, 4.69) is 0 Å². The van der Waals surface area contributed by atoms with Gasteiger partial charge in [0.1, 0.15) is 0 Å². The molecule has 2 N–H and O–H groups in total. The first-order valence-corrected chi connectivity index (χ1v) is 8.54. The lowest BCUT2D eigenvalue weighted by Crippen LogP contribution is -2.42. The summed E-state index contributed by atoms with van der Waals surface area (Å²) in [7, 11) is 1.89. The van der Waals surface area contributed by atoms with Crippen LogP contribution in [0.5, 0.6) is 0 Å². The van der Waals surface area contributed by atoms with Gasteiger partial charge in [0.25, 0.3) is 0 Å². The lowest BCUT2D eigenvalue weighted by molar-refractivity contribution is -0.131. The number of thioether (sulfide) groups is 1. The number of carbonyl (C=O) groups excluding carboxylic acids is 1. The Bertz CT molecular complexity index is 242. The van der Waals surface area contributed by atoms with E-state index in [1.54, 1.807) is 11.8 Å². The molecule has 0 aliphatic heterocycles. The van der Waals surface area contributed by atoms with E-state index in [4.69, 9.17) is 5.73 Å². The first-order valence-electron chi connectivity index (χ1n) is 7.14. The van der Waals surface area contributed by atoms with E-state index in [-0.39, 0.29) is 11.9 Å². The fourth-order valence-corrected chi connectivity index (χ4v) is 3.10. The Morgan fingerprint density at radius 2 is 2.06 bits per heavy atom. The molecule has 3 nitrogen and oxygen atoms in total. The molecule has 18 heavy (non-hydrogen) atoms. The van der Waals surface area contributed by atoms with Gasteiger partial charge in [-0.3, -0.25) is 4.79 Å². The van der Waals surface area contributed by atoms with Crippen LogP contribution in [0.1, 0.15) is 44.9 Å². The normalized spacial score (nSPS) is 18.6. The molecule has 1 amide bonds. The number of likely N-dealkylation sites (N-methyl/N-ethyl adjacent to an activating group) is 1. The Morgan fingerprint density at radius 3 is 2.67 bits per heavy atom. The largest absolute Gasteiger partial charge is 0.344 e. The molecule has 0 aromatic rings. The molecule has 1 fully saturated rings. The van der Waals surface area contributed by atoms with Gasteiger partial charge < -0.3 is 10.6 Å². The van der Waals surface area contributed by atoms with Crippen molar-refractivity contribution in [2.24, 2.45) is 11.7 Å². The number of amides is 1. The third-order valence-electron chi connectivity index (χ3n) is 3.92. The average molecular weight is 272 g/mol. The number of hydrogen-bond donors (Lipinski definition) is 1. The van der Waals surface area contributed by atoms with Crippen LogP contribution in [0.3, 0.4) is 0 Å². The number of hydrogen-bond acceptors (Lipinski definition) is 3. The molecule has 0 saturated heterocycles. The van der Waals surface area contributed by atoms with E-state index < -0.39 is 0 Å². The topological polar surface area (TPSA) is 46.3 Å². The van der Waals surface area contributed by atoms with E-state index in [1.807, 2.05) is 18.2 Å². The maximum atomic E-state index is 12.0. The van der Waals surface area contributed by atoms with Crippen LogP contribution in [-0.4, -0.2) is 42.4 Å². The molecule has 0 aromatic carbocycles. The molecule has 0 aromatic heterocycles. The van der Waals surface area contributed by atoms with Gasteiger partial charge >= 0.3 is 0 Å². The van der Waals surface area contributed by atoms with E-state index in [9.17, 15) is 4.79 Å². The van der Waals surface area contributed by atoms with Crippen LogP contribution >= 0.6 is 11.8 Å². The molecule has 0 heterocycles. The third kappa shape index (κ3) is 5.61. The fraction of sp³-hybridized carbons (Fsp3) is 0.929. The summed E-state index contributed by atoms with van der Waals surface area (Å²) < 4.78 is 0. The molecule has 4 heteroatoms. The summed E-state index contributed by atoms with van der Waals surface area (Å²) in [6.45, 7) is 0.871. The molecule has 1 aliphatic rings. The maximum absolute atomic E-state index is 12.0. The molecular weight excluding hydrogens is 244 g/mol. The van der Waals surface area contributed by atoms with Gasteiger partial charge in [-0.05, 0) is 30.8 Å². The average Bonchev–Trinajstić information content (AvgIpc) is 2.42. The Hall–Kier alpha value is -0.220. The van der Waals surface area contributed by atoms with Crippen LogP contribution in [0.2, 0.25) is 0 Å². The Labute approximate surface area is 116 Å². The Morgan fingerprint density at radius 1 is 1.39 bits per heavy atom. The van der Waals surface area contributed by atoms with Crippen molar-refractivity contribution in [1.82, 2.24) is 4.90 Å². The maximum Gasteiger partial charge on any atom is 0.239 e. The minimum absolute atomic E-state index is 0.111. The molecule has 0 unspecified atom stereocenters. The Kier molecular flexibility index (Phi) is 7.75. The third-order valence-corrected chi connectivity index (χ3v) is 4.57. The van der Waals surface area contributed by atoms with Crippen LogP contribution in [0.25, 0.3) is 0 Å². The van der Waals surface area contributed by atoms with Gasteiger partial charge in [0, 0.05) is 13.6 Å². The van der Waals surface area contributed by atoms with Crippen molar-refractivity contribution < 1.29 is 4.79 Å². The van der Waals surface area contributed by atoms with Crippen LogP contribution in [-0.2, 0) is 4.79 Å². The number of rotatable bonds is 7. The molecule has 1 rings (SSSR count). The quantitative estimate of drug-likeness (QED) is 0.774. The standard InChI is InChI=1S/C14H28N2OS/c1-16(14(17)13(15)9-11-18-2)10-8-12-6-4-3-5-7-12/h12-13H,3-11,15H2,1-2H3/t13-/m0/s1. The predicted octanol–water partition coefficient (Wildman–Crippen LogP) is 2.50. The molecular formula is C14H28N2OS. The van der Waals surface area contributed by atoms with Gasteiger partial charge in [0.05, 0.1) is 6.04 Å². The second-order valence-corrected chi connectivity index (χ2v) is 6.43. The second kappa shape index (κ2) is 8.81. The summed E-state index contributed by atoms with van der Waals surface area (Å²) in [5.74, 6) is 1.90. The second-order valence-electron chi connectivity index (χ2n) is 5.44. The van der Waals surface area contributed by atoms with Crippen molar-refractivity contribution in [2.75, 3.05) is 25.6 Å². The van der Waals surface area contributed by atoms with E-state index in [0.717, 1.165) is 31.1 Å². The summed E-state index contributed by atoms with van der Waals surface area (Å²) in [6, 6.07) is -0.311. The summed E-state index contributed by atoms with van der Waals surface area (Å²) >= 11 is 1.74. The smallest absolute Gasteiger partial charge is 0.239 e. The first kappa shape index (κ1) is 15.8.